The van der Waals surface area contributed by atoms with E-state index in [-0.39, 0.29) is 18.1 Å². The first-order chi connectivity index (χ1) is 11.1. The van der Waals surface area contributed by atoms with Crippen molar-refractivity contribution < 1.29 is 19.1 Å². The fourth-order valence-electron chi connectivity index (χ4n) is 2.71. The summed E-state index contributed by atoms with van der Waals surface area (Å²) in [5.41, 5.74) is 1.23. The molecule has 1 amide bonds. The van der Waals surface area contributed by atoms with Gasteiger partial charge in [-0.3, -0.25) is 9.63 Å². The number of carbonyl (C=O) groups is 1. The SMILES string of the molecule is CC(C)=CCO[C@@H]1COCC[C@H]1NC(=O)CCN1CCCCO1. The van der Waals surface area contributed by atoms with Crippen molar-refractivity contribution in [1.82, 2.24) is 10.4 Å². The Kier molecular flexibility index (Phi) is 8.02. The largest absolute Gasteiger partial charge is 0.379 e. The Hall–Kier alpha value is -0.950. The molecule has 0 aliphatic carbocycles. The Bertz CT molecular complexity index is 390. The summed E-state index contributed by atoms with van der Waals surface area (Å²) < 4.78 is 11.3. The van der Waals surface area contributed by atoms with E-state index in [1.807, 2.05) is 25.0 Å². The standard InChI is InChI=1S/C17H30N2O4/c1-14(2)6-12-22-16-13-21-11-7-15(16)18-17(20)5-9-19-8-3-4-10-23-19/h6,15-16H,3-5,7-13H2,1-2H3,(H,18,20)/t15-,16-/m1/s1. The predicted octanol–water partition coefficient (Wildman–Crippen LogP) is 1.66. The molecular weight excluding hydrogens is 296 g/mol. The van der Waals surface area contributed by atoms with Crippen molar-refractivity contribution in [3.63, 3.8) is 0 Å². The molecule has 2 heterocycles. The molecular formula is C17H30N2O4. The van der Waals surface area contributed by atoms with Crippen molar-refractivity contribution in [3.05, 3.63) is 11.6 Å². The maximum absolute atomic E-state index is 12.2. The van der Waals surface area contributed by atoms with Crippen LogP contribution in [0.1, 0.15) is 39.5 Å². The number of nitrogens with zero attached hydrogens (tertiary/aromatic N) is 1. The quantitative estimate of drug-likeness (QED) is 0.721. The summed E-state index contributed by atoms with van der Waals surface area (Å²) in [6, 6.07) is 0.0316. The minimum Gasteiger partial charge on any atom is -0.379 e. The van der Waals surface area contributed by atoms with E-state index in [4.69, 9.17) is 14.3 Å². The Morgan fingerprint density at radius 1 is 1.35 bits per heavy atom. The first-order valence-corrected chi connectivity index (χ1v) is 8.65. The first kappa shape index (κ1) is 18.4. The van der Waals surface area contributed by atoms with Crippen molar-refractivity contribution in [2.45, 2.75) is 51.7 Å². The van der Waals surface area contributed by atoms with Crippen LogP contribution in [0.5, 0.6) is 0 Å². The van der Waals surface area contributed by atoms with Crippen LogP contribution in [0.25, 0.3) is 0 Å². The van der Waals surface area contributed by atoms with Crippen LogP contribution in [-0.4, -0.2) is 62.6 Å². The minimum atomic E-state index is -0.0745. The normalized spacial score (nSPS) is 25.8. The summed E-state index contributed by atoms with van der Waals surface area (Å²) in [4.78, 5) is 17.7. The molecule has 0 spiro atoms. The lowest BCUT2D eigenvalue weighted by molar-refractivity contribution is -0.181. The number of ether oxygens (including phenoxy) is 2. The Balaban J connectivity index is 1.71. The molecule has 0 aromatic carbocycles. The van der Waals surface area contributed by atoms with Gasteiger partial charge in [-0.05, 0) is 33.1 Å². The third-order valence-corrected chi connectivity index (χ3v) is 4.12. The fourth-order valence-corrected chi connectivity index (χ4v) is 2.71. The van der Waals surface area contributed by atoms with Crippen LogP contribution in [0.15, 0.2) is 11.6 Å². The summed E-state index contributed by atoms with van der Waals surface area (Å²) in [7, 11) is 0. The lowest BCUT2D eigenvalue weighted by Gasteiger charge is -2.32. The first-order valence-electron chi connectivity index (χ1n) is 8.65. The summed E-state index contributed by atoms with van der Waals surface area (Å²) in [5.74, 6) is 0.0573. The summed E-state index contributed by atoms with van der Waals surface area (Å²) >= 11 is 0. The molecule has 0 radical (unpaired) electrons. The zero-order valence-electron chi connectivity index (χ0n) is 14.4. The number of allylic oxidation sites excluding steroid dienone is 1. The average molecular weight is 326 g/mol. The van der Waals surface area contributed by atoms with Gasteiger partial charge in [-0.1, -0.05) is 11.6 Å². The maximum atomic E-state index is 12.2. The van der Waals surface area contributed by atoms with Crippen molar-refractivity contribution in [1.29, 1.82) is 0 Å². The highest BCUT2D eigenvalue weighted by atomic mass is 16.7. The topological polar surface area (TPSA) is 60.0 Å². The highest BCUT2D eigenvalue weighted by Crippen LogP contribution is 2.13. The van der Waals surface area contributed by atoms with Crippen LogP contribution in [0.2, 0.25) is 0 Å². The number of nitrogens with one attached hydrogen (secondary N) is 1. The summed E-state index contributed by atoms with van der Waals surface area (Å²) in [6.45, 7) is 8.19. The second-order valence-corrected chi connectivity index (χ2v) is 6.41. The van der Waals surface area contributed by atoms with E-state index in [0.29, 0.717) is 32.8 Å². The molecule has 2 fully saturated rings. The van der Waals surface area contributed by atoms with Gasteiger partial charge in [-0.2, -0.15) is 5.06 Å². The molecule has 2 aliphatic rings. The molecule has 0 saturated carbocycles. The van der Waals surface area contributed by atoms with Gasteiger partial charge < -0.3 is 14.8 Å². The number of rotatable bonds is 7. The number of hydrogen-bond donors (Lipinski definition) is 1. The van der Waals surface area contributed by atoms with Crippen LogP contribution in [0.4, 0.5) is 0 Å². The lowest BCUT2D eigenvalue weighted by atomic mass is 10.1. The highest BCUT2D eigenvalue weighted by Gasteiger charge is 2.27. The third kappa shape index (κ3) is 6.99. The van der Waals surface area contributed by atoms with Crippen LogP contribution in [-0.2, 0) is 19.1 Å². The highest BCUT2D eigenvalue weighted by molar-refractivity contribution is 5.76. The van der Waals surface area contributed by atoms with Gasteiger partial charge in [0.05, 0.1) is 25.9 Å². The molecule has 6 heteroatoms. The van der Waals surface area contributed by atoms with E-state index in [1.54, 1.807) is 0 Å². The fraction of sp³-hybridized carbons (Fsp3) is 0.824. The van der Waals surface area contributed by atoms with E-state index in [1.165, 1.54) is 5.57 Å². The summed E-state index contributed by atoms with van der Waals surface area (Å²) in [5, 5.41) is 5.00. The molecule has 2 atom stereocenters. The molecule has 0 bridgehead atoms. The van der Waals surface area contributed by atoms with E-state index < -0.39 is 0 Å². The monoisotopic (exact) mass is 326 g/mol. The van der Waals surface area contributed by atoms with Crippen molar-refractivity contribution in [2.24, 2.45) is 0 Å². The molecule has 0 aromatic rings. The molecule has 2 aliphatic heterocycles. The third-order valence-electron chi connectivity index (χ3n) is 4.12. The molecule has 0 unspecified atom stereocenters. The zero-order chi connectivity index (χ0) is 16.5. The lowest BCUT2D eigenvalue weighted by Crippen LogP contribution is -2.50. The predicted molar refractivity (Wildman–Crippen MR) is 87.9 cm³/mol. The van der Waals surface area contributed by atoms with Gasteiger partial charge in [0.2, 0.25) is 5.91 Å². The summed E-state index contributed by atoms with van der Waals surface area (Å²) in [6.07, 6.45) is 5.47. The van der Waals surface area contributed by atoms with Gasteiger partial charge >= 0.3 is 0 Å². The van der Waals surface area contributed by atoms with Crippen LogP contribution in [0.3, 0.4) is 0 Å². The molecule has 1 N–H and O–H groups in total. The van der Waals surface area contributed by atoms with Gasteiger partial charge in [-0.25, -0.2) is 0 Å². The maximum Gasteiger partial charge on any atom is 0.221 e. The van der Waals surface area contributed by atoms with Crippen LogP contribution < -0.4 is 5.32 Å². The molecule has 6 nitrogen and oxygen atoms in total. The number of hydroxylamine groups is 2. The van der Waals surface area contributed by atoms with Gasteiger partial charge in [-0.15, -0.1) is 0 Å². The molecule has 2 rings (SSSR count). The second kappa shape index (κ2) is 10.0. The molecule has 2 saturated heterocycles. The van der Waals surface area contributed by atoms with Crippen LogP contribution in [0, 0.1) is 0 Å². The van der Waals surface area contributed by atoms with Gasteiger partial charge in [0.25, 0.3) is 0 Å². The molecule has 0 aromatic heterocycles. The number of carbonyl (C=O) groups excluding carboxylic acids is 1. The van der Waals surface area contributed by atoms with Gasteiger partial charge in [0.15, 0.2) is 0 Å². The van der Waals surface area contributed by atoms with Crippen molar-refractivity contribution >= 4 is 5.91 Å². The number of amides is 1. The Morgan fingerprint density at radius 2 is 2.22 bits per heavy atom. The molecule has 23 heavy (non-hydrogen) atoms. The minimum absolute atomic E-state index is 0.0316. The second-order valence-electron chi connectivity index (χ2n) is 6.41. The molecule has 132 valence electrons. The van der Waals surface area contributed by atoms with Crippen LogP contribution >= 0.6 is 0 Å². The Labute approximate surface area is 139 Å². The van der Waals surface area contributed by atoms with Gasteiger partial charge in [0, 0.05) is 26.1 Å². The van der Waals surface area contributed by atoms with Gasteiger partial charge in [0.1, 0.15) is 6.10 Å². The van der Waals surface area contributed by atoms with E-state index in [9.17, 15) is 4.79 Å². The smallest absolute Gasteiger partial charge is 0.221 e. The van der Waals surface area contributed by atoms with E-state index in [2.05, 4.69) is 5.32 Å². The average Bonchev–Trinajstić information content (AvgIpc) is 2.55. The Morgan fingerprint density at radius 3 is 2.96 bits per heavy atom. The van der Waals surface area contributed by atoms with E-state index >= 15 is 0 Å². The van der Waals surface area contributed by atoms with Crippen molar-refractivity contribution in [2.75, 3.05) is 39.5 Å². The number of hydrogen-bond acceptors (Lipinski definition) is 5. The zero-order valence-corrected chi connectivity index (χ0v) is 14.4. The van der Waals surface area contributed by atoms with E-state index in [0.717, 1.165) is 32.4 Å². The van der Waals surface area contributed by atoms with Crippen molar-refractivity contribution in [3.8, 4) is 0 Å².